The third kappa shape index (κ3) is 1.85. The summed E-state index contributed by atoms with van der Waals surface area (Å²) in [5.74, 6) is -0.801. The van der Waals surface area contributed by atoms with E-state index in [2.05, 4.69) is 5.32 Å². The molecule has 0 aromatic heterocycles. The zero-order valence-corrected chi connectivity index (χ0v) is 6.27. The molecule has 0 spiro atoms. The van der Waals surface area contributed by atoms with E-state index in [1.54, 1.807) is 0 Å². The zero-order chi connectivity index (χ0) is 7.56. The molecule has 1 rings (SSSR count). The molecule has 0 aromatic carbocycles. The molecule has 0 saturated carbocycles. The maximum absolute atomic E-state index is 10.4. The van der Waals surface area contributed by atoms with E-state index in [1.807, 2.05) is 0 Å². The van der Waals surface area contributed by atoms with E-state index in [9.17, 15) is 4.79 Å². The van der Waals surface area contributed by atoms with Gasteiger partial charge >= 0.3 is 5.97 Å². The lowest BCUT2D eigenvalue weighted by Gasteiger charge is -2.23. The van der Waals surface area contributed by atoms with Gasteiger partial charge in [-0.25, -0.2) is 0 Å². The quantitative estimate of drug-likeness (QED) is 0.552. The Hall–Kier alpha value is -0.280. The Morgan fingerprint density at radius 3 is 2.80 bits per heavy atom. The topological polar surface area (TPSA) is 49.3 Å². The fraction of sp³-hybridized carbons (Fsp3) is 0.833. The molecule has 2 atom stereocenters. The molecule has 0 bridgehead atoms. The van der Waals surface area contributed by atoms with E-state index >= 15 is 0 Å². The van der Waals surface area contributed by atoms with Crippen molar-refractivity contribution >= 4 is 17.6 Å². The number of hydrogen-bond donors (Lipinski definition) is 2. The maximum Gasteiger partial charge on any atom is 0.320 e. The number of carboxylic acids is 1. The fourth-order valence-corrected chi connectivity index (χ4v) is 1.35. The van der Waals surface area contributed by atoms with Gasteiger partial charge in [0.25, 0.3) is 0 Å². The Morgan fingerprint density at radius 2 is 2.40 bits per heavy atom. The van der Waals surface area contributed by atoms with Gasteiger partial charge in [0.2, 0.25) is 0 Å². The molecule has 0 amide bonds. The zero-order valence-electron chi connectivity index (χ0n) is 5.51. The molecule has 3 nitrogen and oxygen atoms in total. The van der Waals surface area contributed by atoms with Crippen LogP contribution in [-0.2, 0) is 4.79 Å². The van der Waals surface area contributed by atoms with Crippen molar-refractivity contribution in [3.8, 4) is 0 Å². The standard InChI is InChI=1S/C6H10ClNO2/c7-4-1-2-8-5(3-4)6(9)10/h4-5,8H,1-3H2,(H,9,10)/t4?,5-/m0/s1. The second-order valence-corrected chi connectivity index (χ2v) is 3.08. The molecule has 0 radical (unpaired) electrons. The lowest BCUT2D eigenvalue weighted by Crippen LogP contribution is -2.43. The molecule has 1 heterocycles. The van der Waals surface area contributed by atoms with Crippen LogP contribution in [-0.4, -0.2) is 29.0 Å². The predicted octanol–water partition coefficient (Wildman–Crippen LogP) is 0.430. The van der Waals surface area contributed by atoms with E-state index in [1.165, 1.54) is 0 Å². The molecule has 0 aliphatic carbocycles. The second kappa shape index (κ2) is 3.21. The maximum atomic E-state index is 10.4. The van der Waals surface area contributed by atoms with Gasteiger partial charge in [-0.1, -0.05) is 0 Å². The van der Waals surface area contributed by atoms with E-state index in [-0.39, 0.29) is 5.38 Å². The molecule has 10 heavy (non-hydrogen) atoms. The van der Waals surface area contributed by atoms with Crippen LogP contribution in [0.3, 0.4) is 0 Å². The average Bonchev–Trinajstić information content (AvgIpc) is 1.88. The van der Waals surface area contributed by atoms with Gasteiger partial charge < -0.3 is 10.4 Å². The Balaban J connectivity index is 2.39. The summed E-state index contributed by atoms with van der Waals surface area (Å²) in [6.07, 6.45) is 1.40. The molecule has 1 unspecified atom stereocenters. The number of alkyl halides is 1. The van der Waals surface area contributed by atoms with Crippen LogP contribution < -0.4 is 5.32 Å². The van der Waals surface area contributed by atoms with E-state index < -0.39 is 12.0 Å². The minimum atomic E-state index is -0.801. The van der Waals surface area contributed by atoms with Crippen molar-refractivity contribution in [2.75, 3.05) is 6.54 Å². The summed E-state index contributed by atoms with van der Waals surface area (Å²) in [7, 11) is 0. The summed E-state index contributed by atoms with van der Waals surface area (Å²) in [6, 6.07) is -0.434. The molecular formula is C6H10ClNO2. The summed E-state index contributed by atoms with van der Waals surface area (Å²) in [6.45, 7) is 0.713. The number of rotatable bonds is 1. The third-order valence-corrected chi connectivity index (χ3v) is 2.03. The molecule has 1 aliphatic heterocycles. The minimum absolute atomic E-state index is 0.0300. The van der Waals surface area contributed by atoms with E-state index in [0.717, 1.165) is 6.42 Å². The highest BCUT2D eigenvalue weighted by molar-refractivity contribution is 6.20. The number of carbonyl (C=O) groups is 1. The van der Waals surface area contributed by atoms with Crippen LogP contribution >= 0.6 is 11.6 Å². The normalized spacial score (nSPS) is 33.7. The Morgan fingerprint density at radius 1 is 1.70 bits per heavy atom. The summed E-state index contributed by atoms with van der Waals surface area (Å²) in [4.78, 5) is 10.4. The number of hydrogen-bond acceptors (Lipinski definition) is 2. The van der Waals surface area contributed by atoms with Crippen LogP contribution in [0.5, 0.6) is 0 Å². The van der Waals surface area contributed by atoms with Crippen molar-refractivity contribution in [3.05, 3.63) is 0 Å². The lowest BCUT2D eigenvalue weighted by atomic mass is 10.1. The van der Waals surface area contributed by atoms with Crippen molar-refractivity contribution in [2.24, 2.45) is 0 Å². The van der Waals surface area contributed by atoms with Crippen molar-refractivity contribution < 1.29 is 9.90 Å². The first kappa shape index (κ1) is 7.82. The Bertz CT molecular complexity index is 140. The van der Waals surface area contributed by atoms with E-state index in [4.69, 9.17) is 16.7 Å². The van der Waals surface area contributed by atoms with Crippen LogP contribution in [0.25, 0.3) is 0 Å². The van der Waals surface area contributed by atoms with Gasteiger partial charge in [0, 0.05) is 5.38 Å². The van der Waals surface area contributed by atoms with Gasteiger partial charge in [-0.3, -0.25) is 4.79 Å². The summed E-state index contributed by atoms with van der Waals surface area (Å²) in [5.41, 5.74) is 0. The van der Waals surface area contributed by atoms with Crippen molar-refractivity contribution in [3.63, 3.8) is 0 Å². The fourth-order valence-electron chi connectivity index (χ4n) is 1.06. The number of halogens is 1. The molecule has 0 aromatic rings. The Kier molecular flexibility index (Phi) is 2.51. The molecule has 2 N–H and O–H groups in total. The van der Waals surface area contributed by atoms with Gasteiger partial charge in [-0.05, 0) is 19.4 Å². The first-order valence-electron chi connectivity index (χ1n) is 3.30. The smallest absolute Gasteiger partial charge is 0.320 e. The number of piperidine rings is 1. The van der Waals surface area contributed by atoms with Crippen LogP contribution in [0, 0.1) is 0 Å². The largest absolute Gasteiger partial charge is 0.480 e. The highest BCUT2D eigenvalue weighted by atomic mass is 35.5. The Labute approximate surface area is 64.4 Å². The van der Waals surface area contributed by atoms with Gasteiger partial charge in [-0.2, -0.15) is 0 Å². The van der Waals surface area contributed by atoms with Gasteiger partial charge in [-0.15, -0.1) is 11.6 Å². The van der Waals surface area contributed by atoms with Crippen molar-refractivity contribution in [2.45, 2.75) is 24.3 Å². The first-order chi connectivity index (χ1) is 4.70. The SMILES string of the molecule is O=C(O)[C@@H]1CC(Cl)CCN1. The molecule has 1 fully saturated rings. The van der Waals surface area contributed by atoms with Crippen LogP contribution in [0.2, 0.25) is 0 Å². The lowest BCUT2D eigenvalue weighted by molar-refractivity contribution is -0.140. The van der Waals surface area contributed by atoms with Gasteiger partial charge in [0.1, 0.15) is 6.04 Å². The predicted molar refractivity (Wildman–Crippen MR) is 38.3 cm³/mol. The number of aliphatic carboxylic acids is 1. The monoisotopic (exact) mass is 163 g/mol. The second-order valence-electron chi connectivity index (χ2n) is 2.47. The van der Waals surface area contributed by atoms with Crippen LogP contribution in [0.15, 0.2) is 0 Å². The van der Waals surface area contributed by atoms with E-state index in [0.29, 0.717) is 13.0 Å². The van der Waals surface area contributed by atoms with Crippen molar-refractivity contribution in [1.82, 2.24) is 5.32 Å². The first-order valence-corrected chi connectivity index (χ1v) is 3.74. The van der Waals surface area contributed by atoms with Crippen molar-refractivity contribution in [1.29, 1.82) is 0 Å². The number of nitrogens with one attached hydrogen (secondary N) is 1. The third-order valence-electron chi connectivity index (χ3n) is 1.64. The van der Waals surface area contributed by atoms with Crippen LogP contribution in [0.4, 0.5) is 0 Å². The van der Waals surface area contributed by atoms with Crippen LogP contribution in [0.1, 0.15) is 12.8 Å². The summed E-state index contributed by atoms with van der Waals surface area (Å²) < 4.78 is 0. The molecule has 1 aliphatic rings. The average molecular weight is 164 g/mol. The highest BCUT2D eigenvalue weighted by Gasteiger charge is 2.24. The molecule has 4 heteroatoms. The van der Waals surface area contributed by atoms with Gasteiger partial charge in [0.15, 0.2) is 0 Å². The molecular weight excluding hydrogens is 154 g/mol. The van der Waals surface area contributed by atoms with Gasteiger partial charge in [0.05, 0.1) is 0 Å². The number of carboxylic acid groups (broad SMARTS) is 1. The molecule has 1 saturated heterocycles. The highest BCUT2D eigenvalue weighted by Crippen LogP contribution is 2.14. The minimum Gasteiger partial charge on any atom is -0.480 e. The summed E-state index contributed by atoms with van der Waals surface area (Å²) >= 11 is 5.75. The summed E-state index contributed by atoms with van der Waals surface area (Å²) in [5, 5.41) is 11.4. The molecule has 58 valence electrons.